The first-order chi connectivity index (χ1) is 12.1. The molecule has 0 aliphatic heterocycles. The highest BCUT2D eigenvalue weighted by atomic mass is 35.5. The number of carbonyl (C=O) groups excluding carboxylic acids is 1. The second kappa shape index (κ2) is 8.16. The fourth-order valence-corrected chi connectivity index (χ4v) is 3.57. The number of amides is 1. The Labute approximate surface area is 162 Å². The van der Waals surface area contributed by atoms with Gasteiger partial charge in [-0.15, -0.1) is 0 Å². The third-order valence-corrected chi connectivity index (χ3v) is 5.16. The van der Waals surface area contributed by atoms with Crippen LogP contribution < -0.4 is 14.4 Å². The van der Waals surface area contributed by atoms with E-state index in [1.165, 1.54) is 19.2 Å². The SMILES string of the molecule is COc1ccc(Cl)cc1NC(=O)CN(c1cc(Cl)ccc1C)S(C)(=O)=O. The van der Waals surface area contributed by atoms with Gasteiger partial charge in [-0.05, 0) is 42.8 Å². The molecule has 0 unspecified atom stereocenters. The second-order valence-electron chi connectivity index (χ2n) is 5.59. The van der Waals surface area contributed by atoms with Crippen LogP contribution in [0.25, 0.3) is 0 Å². The van der Waals surface area contributed by atoms with Crippen molar-refractivity contribution in [2.75, 3.05) is 29.5 Å². The van der Waals surface area contributed by atoms with Gasteiger partial charge in [0.15, 0.2) is 0 Å². The van der Waals surface area contributed by atoms with E-state index in [1.54, 1.807) is 31.2 Å². The fraction of sp³-hybridized carbons (Fsp3) is 0.235. The minimum Gasteiger partial charge on any atom is -0.495 e. The molecule has 0 aliphatic carbocycles. The third-order valence-electron chi connectivity index (χ3n) is 3.56. The minimum absolute atomic E-state index is 0.341. The molecular weight excluding hydrogens is 399 g/mol. The number of anilines is 2. The third kappa shape index (κ3) is 5.03. The molecule has 0 heterocycles. The molecule has 26 heavy (non-hydrogen) atoms. The lowest BCUT2D eigenvalue weighted by Crippen LogP contribution is -2.37. The minimum atomic E-state index is -3.71. The summed E-state index contributed by atoms with van der Waals surface area (Å²) >= 11 is 11.9. The number of ether oxygens (including phenoxy) is 1. The smallest absolute Gasteiger partial charge is 0.245 e. The van der Waals surface area contributed by atoms with Crippen molar-refractivity contribution in [3.05, 3.63) is 52.0 Å². The summed E-state index contributed by atoms with van der Waals surface area (Å²) in [6, 6.07) is 9.59. The van der Waals surface area contributed by atoms with E-state index >= 15 is 0 Å². The van der Waals surface area contributed by atoms with Crippen molar-refractivity contribution < 1.29 is 17.9 Å². The van der Waals surface area contributed by atoms with E-state index in [0.29, 0.717) is 32.7 Å². The van der Waals surface area contributed by atoms with E-state index in [1.807, 2.05) is 0 Å². The Morgan fingerprint density at radius 2 is 1.77 bits per heavy atom. The molecule has 1 N–H and O–H groups in total. The molecule has 0 aromatic heterocycles. The molecule has 0 spiro atoms. The van der Waals surface area contributed by atoms with Crippen molar-refractivity contribution in [1.29, 1.82) is 0 Å². The lowest BCUT2D eigenvalue weighted by Gasteiger charge is -2.24. The van der Waals surface area contributed by atoms with Gasteiger partial charge in [0.05, 0.1) is 24.7 Å². The van der Waals surface area contributed by atoms with Crippen LogP contribution in [0, 0.1) is 6.92 Å². The van der Waals surface area contributed by atoms with Crippen LogP contribution >= 0.6 is 23.2 Å². The molecule has 2 aromatic rings. The monoisotopic (exact) mass is 416 g/mol. The zero-order chi connectivity index (χ0) is 19.5. The molecule has 0 aliphatic rings. The maximum Gasteiger partial charge on any atom is 0.245 e. The molecule has 0 bridgehead atoms. The number of aryl methyl sites for hydroxylation is 1. The molecule has 140 valence electrons. The highest BCUT2D eigenvalue weighted by Crippen LogP contribution is 2.29. The lowest BCUT2D eigenvalue weighted by molar-refractivity contribution is -0.114. The van der Waals surface area contributed by atoms with Gasteiger partial charge in [0.1, 0.15) is 12.3 Å². The molecule has 0 atom stereocenters. The summed E-state index contributed by atoms with van der Waals surface area (Å²) in [6.45, 7) is 1.32. The van der Waals surface area contributed by atoms with Gasteiger partial charge in [-0.25, -0.2) is 8.42 Å². The van der Waals surface area contributed by atoms with Crippen molar-refractivity contribution in [2.24, 2.45) is 0 Å². The second-order valence-corrected chi connectivity index (χ2v) is 8.37. The number of nitrogens with one attached hydrogen (secondary N) is 1. The van der Waals surface area contributed by atoms with Crippen molar-refractivity contribution in [3.8, 4) is 5.75 Å². The van der Waals surface area contributed by atoms with Crippen LogP contribution in [-0.4, -0.2) is 34.2 Å². The number of methoxy groups -OCH3 is 1. The van der Waals surface area contributed by atoms with Gasteiger partial charge in [0.2, 0.25) is 15.9 Å². The van der Waals surface area contributed by atoms with Crippen LogP contribution in [0.2, 0.25) is 10.0 Å². The number of hydrogen-bond donors (Lipinski definition) is 1. The summed E-state index contributed by atoms with van der Waals surface area (Å²) in [6.07, 6.45) is 1.03. The summed E-state index contributed by atoms with van der Waals surface area (Å²) in [4.78, 5) is 12.5. The molecule has 0 fully saturated rings. The summed E-state index contributed by atoms with van der Waals surface area (Å²) in [5.74, 6) is -0.136. The largest absolute Gasteiger partial charge is 0.495 e. The molecule has 9 heteroatoms. The molecule has 2 rings (SSSR count). The van der Waals surface area contributed by atoms with Crippen molar-refractivity contribution >= 4 is 50.5 Å². The molecule has 0 saturated carbocycles. The van der Waals surface area contributed by atoms with Crippen molar-refractivity contribution in [2.45, 2.75) is 6.92 Å². The van der Waals surface area contributed by atoms with E-state index in [4.69, 9.17) is 27.9 Å². The molecule has 0 saturated heterocycles. The maximum atomic E-state index is 12.5. The van der Waals surface area contributed by atoms with Crippen LogP contribution in [0.4, 0.5) is 11.4 Å². The summed E-state index contributed by atoms with van der Waals surface area (Å²) < 4.78 is 30.6. The standard InChI is InChI=1S/C17H18Cl2N2O4S/c1-11-4-5-13(19)9-15(11)21(26(3,23)24)10-17(22)20-14-8-12(18)6-7-16(14)25-2/h4-9H,10H2,1-3H3,(H,20,22). The van der Waals surface area contributed by atoms with Gasteiger partial charge >= 0.3 is 0 Å². The molecule has 6 nitrogen and oxygen atoms in total. The Kier molecular flexibility index (Phi) is 6.39. The van der Waals surface area contributed by atoms with Crippen LogP contribution in [0.3, 0.4) is 0 Å². The Morgan fingerprint density at radius 3 is 2.38 bits per heavy atom. The first-order valence-electron chi connectivity index (χ1n) is 7.49. The highest BCUT2D eigenvalue weighted by molar-refractivity contribution is 7.92. The number of sulfonamides is 1. The Bertz CT molecular complexity index is 932. The predicted octanol–water partition coefficient (Wildman–Crippen LogP) is 3.72. The van der Waals surface area contributed by atoms with Crippen molar-refractivity contribution in [3.63, 3.8) is 0 Å². The van der Waals surface area contributed by atoms with E-state index in [9.17, 15) is 13.2 Å². The molecule has 0 radical (unpaired) electrons. The zero-order valence-electron chi connectivity index (χ0n) is 14.4. The average molecular weight is 417 g/mol. The number of nitrogens with zero attached hydrogens (tertiary/aromatic N) is 1. The van der Waals surface area contributed by atoms with Gasteiger partial charge < -0.3 is 10.1 Å². The quantitative estimate of drug-likeness (QED) is 0.778. The van der Waals surface area contributed by atoms with Crippen LogP contribution in [0.1, 0.15) is 5.56 Å². The average Bonchev–Trinajstić information content (AvgIpc) is 2.54. The predicted molar refractivity (Wildman–Crippen MR) is 105 cm³/mol. The number of benzene rings is 2. The summed E-state index contributed by atoms with van der Waals surface area (Å²) in [5.41, 5.74) is 1.36. The molecule has 2 aromatic carbocycles. The lowest BCUT2D eigenvalue weighted by atomic mass is 10.2. The van der Waals surface area contributed by atoms with Gasteiger partial charge in [-0.3, -0.25) is 9.10 Å². The summed E-state index contributed by atoms with van der Waals surface area (Å²) in [5, 5.41) is 3.40. The first-order valence-corrected chi connectivity index (χ1v) is 10.1. The van der Waals surface area contributed by atoms with Crippen molar-refractivity contribution in [1.82, 2.24) is 0 Å². The molecular formula is C17H18Cl2N2O4S. The number of rotatable bonds is 6. The maximum absolute atomic E-state index is 12.5. The normalized spacial score (nSPS) is 11.1. The van der Waals surface area contributed by atoms with E-state index < -0.39 is 22.5 Å². The van der Waals surface area contributed by atoms with E-state index in [-0.39, 0.29) is 0 Å². The van der Waals surface area contributed by atoms with E-state index in [0.717, 1.165) is 10.6 Å². The van der Waals surface area contributed by atoms with Gasteiger partial charge in [-0.2, -0.15) is 0 Å². The van der Waals surface area contributed by atoms with E-state index in [2.05, 4.69) is 5.32 Å². The number of hydrogen-bond acceptors (Lipinski definition) is 4. The Morgan fingerprint density at radius 1 is 1.15 bits per heavy atom. The Balaban J connectivity index is 2.31. The van der Waals surface area contributed by atoms with Gasteiger partial charge in [-0.1, -0.05) is 29.3 Å². The van der Waals surface area contributed by atoms with Crippen LogP contribution in [-0.2, 0) is 14.8 Å². The van der Waals surface area contributed by atoms with Crippen LogP contribution in [0.5, 0.6) is 5.75 Å². The van der Waals surface area contributed by atoms with Crippen LogP contribution in [0.15, 0.2) is 36.4 Å². The number of carbonyl (C=O) groups is 1. The fourth-order valence-electron chi connectivity index (χ4n) is 2.33. The zero-order valence-corrected chi connectivity index (χ0v) is 16.7. The highest BCUT2D eigenvalue weighted by Gasteiger charge is 2.23. The summed E-state index contributed by atoms with van der Waals surface area (Å²) in [7, 11) is -2.26. The topological polar surface area (TPSA) is 75.7 Å². The Hall–Kier alpha value is -1.96. The van der Waals surface area contributed by atoms with Gasteiger partial charge in [0.25, 0.3) is 0 Å². The van der Waals surface area contributed by atoms with Gasteiger partial charge in [0, 0.05) is 10.0 Å². The molecule has 1 amide bonds. The first kappa shape index (κ1) is 20.4. The number of halogens is 2.